The molecule has 1 aromatic carbocycles. The second-order valence-corrected chi connectivity index (χ2v) is 8.01. The molecule has 3 heterocycles. The highest BCUT2D eigenvalue weighted by Crippen LogP contribution is 2.46. The summed E-state index contributed by atoms with van der Waals surface area (Å²) >= 11 is 7.97. The molecule has 3 aromatic rings. The van der Waals surface area contributed by atoms with E-state index in [1.54, 1.807) is 23.5 Å². The van der Waals surface area contributed by atoms with Gasteiger partial charge in [0.1, 0.15) is 18.2 Å². The van der Waals surface area contributed by atoms with Gasteiger partial charge in [-0.2, -0.15) is 10.1 Å². The number of carbonyl (C=O) groups is 1. The number of halogens is 2. The first-order chi connectivity index (χ1) is 13.1. The highest BCUT2D eigenvalue weighted by atomic mass is 35.5. The highest BCUT2D eigenvalue weighted by molar-refractivity contribution is 7.10. The third-order valence-corrected chi connectivity index (χ3v) is 6.44. The summed E-state index contributed by atoms with van der Waals surface area (Å²) in [5.41, 5.74) is 1.55. The molecule has 8 heteroatoms. The highest BCUT2D eigenvalue weighted by Gasteiger charge is 2.41. The fourth-order valence-electron chi connectivity index (χ4n) is 3.92. The number of allylic oxidation sites excluding steroid dienone is 2. The molecule has 0 bridgehead atoms. The van der Waals surface area contributed by atoms with Gasteiger partial charge in [0.15, 0.2) is 5.78 Å². The van der Waals surface area contributed by atoms with Crippen LogP contribution in [0.3, 0.4) is 0 Å². The fourth-order valence-corrected chi connectivity index (χ4v) is 5.01. The van der Waals surface area contributed by atoms with Crippen LogP contribution in [-0.4, -0.2) is 20.5 Å². The van der Waals surface area contributed by atoms with Crippen LogP contribution in [0.1, 0.15) is 35.2 Å². The van der Waals surface area contributed by atoms with Crippen molar-refractivity contribution < 1.29 is 9.18 Å². The molecule has 0 radical (unpaired) electrons. The van der Waals surface area contributed by atoms with Gasteiger partial charge in [-0.3, -0.25) is 4.79 Å². The number of nitrogens with zero attached hydrogens (tertiary/aromatic N) is 3. The number of hydrogen-bond acceptors (Lipinski definition) is 5. The molecule has 5 nitrogen and oxygen atoms in total. The third kappa shape index (κ3) is 2.61. The summed E-state index contributed by atoms with van der Waals surface area (Å²) in [6, 6.07) is 7.84. The maximum absolute atomic E-state index is 14.7. The number of rotatable bonds is 2. The average Bonchev–Trinajstić information content (AvgIpc) is 3.32. The number of ketones is 1. The van der Waals surface area contributed by atoms with E-state index in [2.05, 4.69) is 15.4 Å². The molecule has 2 aliphatic rings. The Morgan fingerprint density at radius 3 is 2.93 bits per heavy atom. The van der Waals surface area contributed by atoms with Crippen molar-refractivity contribution in [2.45, 2.75) is 24.8 Å². The van der Waals surface area contributed by atoms with Gasteiger partial charge in [0.05, 0.1) is 0 Å². The van der Waals surface area contributed by atoms with Gasteiger partial charge in [0.2, 0.25) is 5.95 Å². The van der Waals surface area contributed by atoms with E-state index >= 15 is 0 Å². The number of aromatic nitrogens is 3. The molecule has 0 spiro atoms. The zero-order valence-corrected chi connectivity index (χ0v) is 15.6. The summed E-state index contributed by atoms with van der Waals surface area (Å²) in [7, 11) is 0. The topological polar surface area (TPSA) is 59.8 Å². The lowest BCUT2D eigenvalue weighted by atomic mass is 9.80. The Morgan fingerprint density at radius 2 is 2.15 bits per heavy atom. The predicted octanol–water partition coefficient (Wildman–Crippen LogP) is 4.55. The number of Topliss-reactive ketones (excluding diaryl/α,β-unsaturated/α-hetero) is 1. The molecule has 0 saturated carbocycles. The van der Waals surface area contributed by atoms with Crippen molar-refractivity contribution >= 4 is 34.7 Å². The lowest BCUT2D eigenvalue weighted by molar-refractivity contribution is -0.116. The zero-order chi connectivity index (χ0) is 18.5. The Kier molecular flexibility index (Phi) is 3.87. The van der Waals surface area contributed by atoms with Crippen molar-refractivity contribution in [2.75, 3.05) is 5.32 Å². The molecular formula is C19H14ClFN4OS. The van der Waals surface area contributed by atoms with Crippen LogP contribution < -0.4 is 5.32 Å². The Balaban J connectivity index is 1.67. The van der Waals surface area contributed by atoms with E-state index in [-0.39, 0.29) is 22.3 Å². The molecule has 0 amide bonds. The number of benzene rings is 1. The maximum Gasteiger partial charge on any atom is 0.226 e. The molecule has 1 N–H and O–H groups in total. The van der Waals surface area contributed by atoms with E-state index in [4.69, 9.17) is 11.6 Å². The number of fused-ring (bicyclic) bond motifs is 1. The molecule has 136 valence electrons. The van der Waals surface area contributed by atoms with Crippen LogP contribution in [0.5, 0.6) is 0 Å². The van der Waals surface area contributed by atoms with E-state index in [1.807, 2.05) is 17.5 Å². The first-order valence-electron chi connectivity index (χ1n) is 8.53. The number of anilines is 1. The van der Waals surface area contributed by atoms with Gasteiger partial charge in [-0.25, -0.2) is 9.07 Å². The summed E-state index contributed by atoms with van der Waals surface area (Å²) in [6.07, 6.45) is 2.44. The Bertz CT molecular complexity index is 1060. The molecule has 5 rings (SSSR count). The lowest BCUT2D eigenvalue weighted by Crippen LogP contribution is -2.34. The first-order valence-corrected chi connectivity index (χ1v) is 9.79. The SMILES string of the molecule is O=C1C[C@H](c2cccs2)CC2=C1[C@@H](c1c(F)cccc1Cl)n1ncnc1N2. The summed E-state index contributed by atoms with van der Waals surface area (Å²) in [5, 5.41) is 9.73. The van der Waals surface area contributed by atoms with E-state index in [0.717, 1.165) is 5.70 Å². The van der Waals surface area contributed by atoms with E-state index < -0.39 is 11.9 Å². The monoisotopic (exact) mass is 400 g/mol. The van der Waals surface area contributed by atoms with Gasteiger partial charge in [-0.1, -0.05) is 23.7 Å². The minimum absolute atomic E-state index is 0.0207. The van der Waals surface area contributed by atoms with Crippen LogP contribution in [0.15, 0.2) is 53.3 Å². The number of nitrogens with one attached hydrogen (secondary N) is 1. The largest absolute Gasteiger partial charge is 0.328 e. The Labute approximate surface area is 163 Å². The van der Waals surface area contributed by atoms with Crippen molar-refractivity contribution in [1.29, 1.82) is 0 Å². The minimum atomic E-state index is -0.718. The minimum Gasteiger partial charge on any atom is -0.328 e. The van der Waals surface area contributed by atoms with Gasteiger partial charge in [0, 0.05) is 39.1 Å². The Hall–Kier alpha value is -2.51. The van der Waals surface area contributed by atoms with Crippen molar-refractivity contribution in [3.8, 4) is 0 Å². The Morgan fingerprint density at radius 1 is 1.26 bits per heavy atom. The number of hydrogen-bond donors (Lipinski definition) is 1. The van der Waals surface area contributed by atoms with Gasteiger partial charge in [-0.05, 0) is 30.0 Å². The van der Waals surface area contributed by atoms with Gasteiger partial charge in [0.25, 0.3) is 0 Å². The van der Waals surface area contributed by atoms with E-state index in [9.17, 15) is 9.18 Å². The standard InChI is InChI=1S/C19H14ClFN4OS/c20-11-3-1-4-12(21)16(11)18-17-13(24-19-22-9-23-25(18)19)7-10(8-14(17)26)15-5-2-6-27-15/h1-6,9-10,18H,7-8H2,(H,22,23,24)/t10-,18-/m1/s1. The molecule has 1 aliphatic carbocycles. The van der Waals surface area contributed by atoms with E-state index in [1.165, 1.54) is 22.0 Å². The van der Waals surface area contributed by atoms with Crippen LogP contribution in [0.4, 0.5) is 10.3 Å². The van der Waals surface area contributed by atoms with Crippen LogP contribution >= 0.6 is 22.9 Å². The molecule has 0 fully saturated rings. The molecule has 27 heavy (non-hydrogen) atoms. The van der Waals surface area contributed by atoms with Gasteiger partial charge < -0.3 is 5.32 Å². The smallest absolute Gasteiger partial charge is 0.226 e. The molecule has 0 saturated heterocycles. The second-order valence-electron chi connectivity index (χ2n) is 6.63. The zero-order valence-electron chi connectivity index (χ0n) is 14.0. The van der Waals surface area contributed by atoms with Gasteiger partial charge >= 0.3 is 0 Å². The first kappa shape index (κ1) is 16.6. The van der Waals surface area contributed by atoms with Crippen LogP contribution in [0.25, 0.3) is 0 Å². The summed E-state index contributed by atoms with van der Waals surface area (Å²) < 4.78 is 16.3. The maximum atomic E-state index is 14.7. The van der Waals surface area contributed by atoms with Gasteiger partial charge in [-0.15, -0.1) is 11.3 Å². The summed E-state index contributed by atoms with van der Waals surface area (Å²) in [5.74, 6) is 0.108. The van der Waals surface area contributed by atoms with Crippen LogP contribution in [0.2, 0.25) is 5.02 Å². The quantitative estimate of drug-likeness (QED) is 0.685. The predicted molar refractivity (Wildman–Crippen MR) is 102 cm³/mol. The molecule has 1 aliphatic heterocycles. The van der Waals surface area contributed by atoms with E-state index in [0.29, 0.717) is 24.4 Å². The van der Waals surface area contributed by atoms with Crippen LogP contribution in [0, 0.1) is 5.82 Å². The molecular weight excluding hydrogens is 387 g/mol. The van der Waals surface area contributed by atoms with Crippen molar-refractivity contribution in [2.24, 2.45) is 0 Å². The summed E-state index contributed by atoms with van der Waals surface area (Å²) in [6.45, 7) is 0. The fraction of sp³-hybridized carbons (Fsp3) is 0.211. The lowest BCUT2D eigenvalue weighted by Gasteiger charge is -2.35. The normalized spacial score (nSPS) is 21.6. The number of thiophene rings is 1. The molecule has 2 atom stereocenters. The average molecular weight is 401 g/mol. The van der Waals surface area contributed by atoms with Crippen molar-refractivity contribution in [3.05, 3.63) is 74.6 Å². The van der Waals surface area contributed by atoms with Crippen molar-refractivity contribution in [3.63, 3.8) is 0 Å². The number of carbonyl (C=O) groups excluding carboxylic acids is 1. The molecule has 2 aromatic heterocycles. The molecule has 0 unspecified atom stereocenters. The third-order valence-electron chi connectivity index (χ3n) is 5.08. The van der Waals surface area contributed by atoms with Crippen LogP contribution in [-0.2, 0) is 4.79 Å². The second kappa shape index (κ2) is 6.28. The van der Waals surface area contributed by atoms with Crippen molar-refractivity contribution in [1.82, 2.24) is 14.8 Å². The summed E-state index contributed by atoms with van der Waals surface area (Å²) in [4.78, 5) is 18.6.